The lowest BCUT2D eigenvalue weighted by molar-refractivity contribution is -0.150. The van der Waals surface area contributed by atoms with Gasteiger partial charge in [-0.2, -0.15) is 11.8 Å². The van der Waals surface area contributed by atoms with Gasteiger partial charge in [0.2, 0.25) is 0 Å². The molecule has 0 amide bonds. The fourth-order valence-electron chi connectivity index (χ4n) is 2.05. The van der Waals surface area contributed by atoms with Gasteiger partial charge in [-0.25, -0.2) is 0 Å². The summed E-state index contributed by atoms with van der Waals surface area (Å²) in [5, 5.41) is 3.74. The van der Waals surface area contributed by atoms with Gasteiger partial charge in [0, 0.05) is 5.25 Å². The molecule has 4 heteroatoms. The molecule has 1 N–H and O–H groups in total. The van der Waals surface area contributed by atoms with Gasteiger partial charge >= 0.3 is 5.97 Å². The van der Waals surface area contributed by atoms with Crippen LogP contribution in [0.5, 0.6) is 0 Å². The molecule has 0 spiro atoms. The number of nitrogens with one attached hydrogen (secondary N) is 1. The summed E-state index contributed by atoms with van der Waals surface area (Å²) in [4.78, 5) is 12.1. The Morgan fingerprint density at radius 1 is 1.32 bits per heavy atom. The van der Waals surface area contributed by atoms with Gasteiger partial charge < -0.3 is 10.1 Å². The second kappa shape index (κ2) is 9.65. The highest BCUT2D eigenvalue weighted by Crippen LogP contribution is 2.24. The van der Waals surface area contributed by atoms with Gasteiger partial charge in [0.15, 0.2) is 0 Å². The number of hydrogen-bond donors (Lipinski definition) is 1. The smallest absolute Gasteiger partial charge is 0.326 e. The molecule has 0 rings (SSSR count). The van der Waals surface area contributed by atoms with Crippen molar-refractivity contribution in [3.63, 3.8) is 0 Å². The van der Waals surface area contributed by atoms with Crippen molar-refractivity contribution in [1.29, 1.82) is 0 Å². The van der Waals surface area contributed by atoms with E-state index >= 15 is 0 Å². The maximum Gasteiger partial charge on any atom is 0.326 e. The van der Waals surface area contributed by atoms with Gasteiger partial charge in [0.25, 0.3) is 0 Å². The Bertz CT molecular complexity index is 259. The van der Waals surface area contributed by atoms with Crippen LogP contribution in [0.2, 0.25) is 0 Å². The lowest BCUT2D eigenvalue weighted by Gasteiger charge is -2.30. The van der Waals surface area contributed by atoms with Crippen molar-refractivity contribution in [2.45, 2.75) is 65.2 Å². The summed E-state index contributed by atoms with van der Waals surface area (Å²) in [5.74, 6) is 1.77. The van der Waals surface area contributed by atoms with Crippen LogP contribution < -0.4 is 5.32 Å². The van der Waals surface area contributed by atoms with Crippen molar-refractivity contribution >= 4 is 17.7 Å². The van der Waals surface area contributed by atoms with Gasteiger partial charge in [0.05, 0.1) is 6.61 Å². The first kappa shape index (κ1) is 18.8. The minimum Gasteiger partial charge on any atom is -0.465 e. The standard InChI is InChI=1S/C15H31NO2S/c1-7-16-15(6,14(17)18-8-2)11-13(5)19-10-9-12(3)4/h12-13,16H,7-11H2,1-6H3. The van der Waals surface area contributed by atoms with Crippen molar-refractivity contribution < 1.29 is 9.53 Å². The summed E-state index contributed by atoms with van der Waals surface area (Å²) in [7, 11) is 0. The molecular weight excluding hydrogens is 258 g/mol. The third-order valence-electron chi connectivity index (χ3n) is 3.09. The summed E-state index contributed by atoms with van der Waals surface area (Å²) in [6.07, 6.45) is 2.04. The quantitative estimate of drug-likeness (QED) is 0.625. The molecule has 19 heavy (non-hydrogen) atoms. The summed E-state index contributed by atoms with van der Waals surface area (Å²) < 4.78 is 5.19. The third kappa shape index (κ3) is 7.83. The molecule has 0 aromatic rings. The average molecular weight is 289 g/mol. The molecule has 0 radical (unpaired) electrons. The second-order valence-electron chi connectivity index (χ2n) is 5.65. The molecule has 0 aromatic heterocycles. The van der Waals surface area contributed by atoms with Crippen LogP contribution in [-0.4, -0.2) is 35.7 Å². The van der Waals surface area contributed by atoms with Crippen LogP contribution in [0, 0.1) is 5.92 Å². The molecule has 0 aliphatic carbocycles. The molecule has 3 nitrogen and oxygen atoms in total. The van der Waals surface area contributed by atoms with E-state index in [4.69, 9.17) is 4.74 Å². The Morgan fingerprint density at radius 2 is 1.95 bits per heavy atom. The molecule has 2 atom stereocenters. The summed E-state index contributed by atoms with van der Waals surface area (Å²) in [6, 6.07) is 0. The number of ether oxygens (including phenoxy) is 1. The highest BCUT2D eigenvalue weighted by molar-refractivity contribution is 7.99. The first-order chi connectivity index (χ1) is 8.85. The largest absolute Gasteiger partial charge is 0.465 e. The van der Waals surface area contributed by atoms with E-state index in [1.54, 1.807) is 0 Å². The van der Waals surface area contributed by atoms with Gasteiger partial charge in [-0.1, -0.05) is 27.7 Å². The number of esters is 1. The number of rotatable bonds is 10. The predicted octanol–water partition coefficient (Wildman–Crippen LogP) is 3.48. The van der Waals surface area contributed by atoms with Crippen LogP contribution >= 0.6 is 11.8 Å². The van der Waals surface area contributed by atoms with E-state index in [9.17, 15) is 4.79 Å². The minimum absolute atomic E-state index is 0.131. The molecule has 0 aromatic carbocycles. The van der Waals surface area contributed by atoms with Crippen molar-refractivity contribution in [1.82, 2.24) is 5.32 Å². The van der Waals surface area contributed by atoms with E-state index in [1.165, 1.54) is 6.42 Å². The van der Waals surface area contributed by atoms with E-state index in [2.05, 4.69) is 26.1 Å². The van der Waals surface area contributed by atoms with E-state index in [1.807, 2.05) is 32.5 Å². The molecule has 0 fully saturated rings. The average Bonchev–Trinajstić information content (AvgIpc) is 2.28. The highest BCUT2D eigenvalue weighted by Gasteiger charge is 2.35. The number of hydrogen-bond acceptors (Lipinski definition) is 4. The van der Waals surface area contributed by atoms with Crippen LogP contribution in [0.25, 0.3) is 0 Å². The minimum atomic E-state index is -0.561. The molecule has 114 valence electrons. The Hall–Kier alpha value is -0.220. The van der Waals surface area contributed by atoms with Gasteiger partial charge in [0.1, 0.15) is 5.54 Å². The highest BCUT2D eigenvalue weighted by atomic mass is 32.2. The Labute approximate surface area is 123 Å². The van der Waals surface area contributed by atoms with Crippen molar-refractivity contribution in [3.05, 3.63) is 0 Å². The van der Waals surface area contributed by atoms with Crippen molar-refractivity contribution in [2.75, 3.05) is 18.9 Å². The fraction of sp³-hybridized carbons (Fsp3) is 0.933. The SMILES string of the molecule is CCNC(C)(CC(C)SCCC(C)C)C(=O)OCC. The lowest BCUT2D eigenvalue weighted by Crippen LogP contribution is -2.51. The second-order valence-corrected chi connectivity index (χ2v) is 7.20. The summed E-state index contributed by atoms with van der Waals surface area (Å²) in [5.41, 5.74) is -0.561. The Kier molecular flexibility index (Phi) is 9.54. The first-order valence-electron chi connectivity index (χ1n) is 7.39. The van der Waals surface area contributed by atoms with E-state index in [-0.39, 0.29) is 5.97 Å². The fourth-order valence-corrected chi connectivity index (χ4v) is 3.51. The topological polar surface area (TPSA) is 38.3 Å². The third-order valence-corrected chi connectivity index (χ3v) is 4.29. The first-order valence-corrected chi connectivity index (χ1v) is 8.44. The van der Waals surface area contributed by atoms with Crippen molar-refractivity contribution in [3.8, 4) is 0 Å². The van der Waals surface area contributed by atoms with Crippen LogP contribution in [0.15, 0.2) is 0 Å². The molecule has 0 aliphatic heterocycles. The zero-order valence-corrected chi connectivity index (χ0v) is 14.2. The number of carbonyl (C=O) groups is 1. The van der Waals surface area contributed by atoms with Gasteiger partial charge in [-0.05, 0) is 44.9 Å². The van der Waals surface area contributed by atoms with Crippen LogP contribution in [-0.2, 0) is 9.53 Å². The molecule has 2 unspecified atom stereocenters. The molecule has 0 aliphatic rings. The van der Waals surface area contributed by atoms with Crippen LogP contribution in [0.4, 0.5) is 0 Å². The lowest BCUT2D eigenvalue weighted by atomic mass is 9.96. The molecule has 0 saturated carbocycles. The van der Waals surface area contributed by atoms with Gasteiger partial charge in [-0.3, -0.25) is 4.79 Å². The number of carbonyl (C=O) groups excluding carboxylic acids is 1. The normalized spacial score (nSPS) is 16.2. The monoisotopic (exact) mass is 289 g/mol. The van der Waals surface area contributed by atoms with Crippen molar-refractivity contribution in [2.24, 2.45) is 5.92 Å². The van der Waals surface area contributed by atoms with E-state index in [0.717, 1.165) is 24.6 Å². The number of likely N-dealkylation sites (N-methyl/N-ethyl adjacent to an activating group) is 1. The molecule has 0 bridgehead atoms. The van der Waals surface area contributed by atoms with Crippen LogP contribution in [0.3, 0.4) is 0 Å². The van der Waals surface area contributed by atoms with Crippen LogP contribution in [0.1, 0.15) is 54.4 Å². The van der Waals surface area contributed by atoms with Gasteiger partial charge in [-0.15, -0.1) is 0 Å². The zero-order chi connectivity index (χ0) is 14.9. The maximum atomic E-state index is 12.1. The maximum absolute atomic E-state index is 12.1. The summed E-state index contributed by atoms with van der Waals surface area (Å²) in [6.45, 7) is 13.7. The predicted molar refractivity (Wildman–Crippen MR) is 84.7 cm³/mol. The molecular formula is C15H31NO2S. The Balaban J connectivity index is 4.35. The van der Waals surface area contributed by atoms with E-state index in [0.29, 0.717) is 11.9 Å². The zero-order valence-electron chi connectivity index (χ0n) is 13.4. The Morgan fingerprint density at radius 3 is 2.42 bits per heavy atom. The van der Waals surface area contributed by atoms with E-state index < -0.39 is 5.54 Å². The molecule has 0 saturated heterocycles. The summed E-state index contributed by atoms with van der Waals surface area (Å²) >= 11 is 1.95. The molecule has 0 heterocycles. The number of thioether (sulfide) groups is 1.